The van der Waals surface area contributed by atoms with Gasteiger partial charge in [-0.15, -0.1) is 0 Å². The molecule has 0 spiro atoms. The van der Waals surface area contributed by atoms with Crippen molar-refractivity contribution in [2.24, 2.45) is 0 Å². The van der Waals surface area contributed by atoms with Gasteiger partial charge in [0, 0.05) is 59.4 Å². The first-order valence-electron chi connectivity index (χ1n) is 12.4. The zero-order chi connectivity index (χ0) is 28.1. The van der Waals surface area contributed by atoms with Crippen molar-refractivity contribution in [2.75, 3.05) is 31.1 Å². The van der Waals surface area contributed by atoms with Gasteiger partial charge in [0.1, 0.15) is 5.60 Å². The number of aromatic nitrogens is 2. The molecular weight excluding hydrogens is 577 g/mol. The van der Waals surface area contributed by atoms with Crippen molar-refractivity contribution in [1.29, 1.82) is 0 Å². The molecule has 11 heteroatoms. The molecule has 5 rings (SSSR count). The van der Waals surface area contributed by atoms with Crippen LogP contribution in [0.1, 0.15) is 26.3 Å². The summed E-state index contributed by atoms with van der Waals surface area (Å²) < 4.78 is 50.6. The monoisotopic (exact) mass is 602 g/mol. The Morgan fingerprint density at radius 2 is 1.69 bits per heavy atom. The number of rotatable bonds is 2. The highest BCUT2D eigenvalue weighted by Gasteiger charge is 2.37. The number of piperazine rings is 1. The number of anilines is 1. The van der Waals surface area contributed by atoms with Crippen LogP contribution in [0.3, 0.4) is 0 Å². The van der Waals surface area contributed by atoms with Crippen molar-refractivity contribution < 1.29 is 22.7 Å². The number of pyridine rings is 2. The van der Waals surface area contributed by atoms with Crippen molar-refractivity contribution >= 4 is 49.5 Å². The minimum atomic E-state index is -4.67. The fourth-order valence-electron chi connectivity index (χ4n) is 4.76. The molecule has 0 bridgehead atoms. The van der Waals surface area contributed by atoms with Crippen LogP contribution in [0.4, 0.5) is 23.7 Å². The van der Waals surface area contributed by atoms with Crippen LogP contribution in [0, 0.1) is 0 Å². The van der Waals surface area contributed by atoms with E-state index in [0.29, 0.717) is 21.8 Å². The average molecular weight is 603 g/mol. The number of carbonyl (C=O) groups excluding carboxylic acids is 1. The second-order valence-corrected chi connectivity index (χ2v) is 11.3. The summed E-state index contributed by atoms with van der Waals surface area (Å²) in [6.07, 6.45) is -3.56. The summed E-state index contributed by atoms with van der Waals surface area (Å²) >= 11 is 3.43. The van der Waals surface area contributed by atoms with Crippen LogP contribution in [-0.2, 0) is 10.9 Å². The minimum absolute atomic E-state index is 0.00218. The number of benzene rings is 2. The van der Waals surface area contributed by atoms with E-state index in [1.54, 1.807) is 50.1 Å². The van der Waals surface area contributed by atoms with Gasteiger partial charge in [0.05, 0.1) is 22.3 Å². The third-order valence-corrected chi connectivity index (χ3v) is 6.99. The summed E-state index contributed by atoms with van der Waals surface area (Å²) in [5.74, 6) is 0. The maximum atomic E-state index is 14.4. The number of fused-ring (bicyclic) bond motifs is 3. The van der Waals surface area contributed by atoms with Gasteiger partial charge in [0.15, 0.2) is 0 Å². The van der Waals surface area contributed by atoms with Gasteiger partial charge in [0.2, 0.25) is 0 Å². The molecule has 7 nitrogen and oxygen atoms in total. The highest BCUT2D eigenvalue weighted by molar-refractivity contribution is 9.10. The Labute approximate surface area is 230 Å². The lowest BCUT2D eigenvalue weighted by molar-refractivity contribution is -0.137. The van der Waals surface area contributed by atoms with Gasteiger partial charge in [0.25, 0.3) is 5.56 Å². The van der Waals surface area contributed by atoms with Crippen molar-refractivity contribution in [2.45, 2.75) is 32.5 Å². The van der Waals surface area contributed by atoms with Gasteiger partial charge in [-0.1, -0.05) is 15.9 Å². The largest absolute Gasteiger partial charge is 0.444 e. The zero-order valence-electron chi connectivity index (χ0n) is 21.6. The summed E-state index contributed by atoms with van der Waals surface area (Å²) in [6.45, 7) is 6.16. The van der Waals surface area contributed by atoms with Crippen LogP contribution in [0.5, 0.6) is 0 Å². The van der Waals surface area contributed by atoms with E-state index in [1.165, 1.54) is 27.7 Å². The van der Waals surface area contributed by atoms with E-state index >= 15 is 0 Å². The Balaban J connectivity index is 1.56. The van der Waals surface area contributed by atoms with Gasteiger partial charge in [-0.05, 0) is 63.2 Å². The molecule has 39 heavy (non-hydrogen) atoms. The maximum absolute atomic E-state index is 14.4. The number of nitrogens with zero attached hydrogens (tertiary/aromatic N) is 4. The summed E-state index contributed by atoms with van der Waals surface area (Å²) in [5, 5.41) is 1.26. The van der Waals surface area contributed by atoms with Crippen molar-refractivity contribution in [3.63, 3.8) is 0 Å². The lowest BCUT2D eigenvalue weighted by atomic mass is 10.1. The summed E-state index contributed by atoms with van der Waals surface area (Å²) in [7, 11) is 0. The predicted octanol–water partition coefficient (Wildman–Crippen LogP) is 6.38. The third kappa shape index (κ3) is 5.45. The first-order valence-corrected chi connectivity index (χ1v) is 13.2. The number of halogens is 4. The summed E-state index contributed by atoms with van der Waals surface area (Å²) in [5.41, 5.74) is -0.790. The Morgan fingerprint density at radius 1 is 0.974 bits per heavy atom. The molecule has 0 radical (unpaired) electrons. The number of hydrogen-bond acceptors (Lipinski definition) is 5. The van der Waals surface area contributed by atoms with Crippen LogP contribution in [0.2, 0.25) is 0 Å². The van der Waals surface area contributed by atoms with Crippen LogP contribution >= 0.6 is 15.9 Å². The molecule has 1 saturated heterocycles. The second kappa shape index (κ2) is 9.86. The molecule has 1 fully saturated rings. The van der Waals surface area contributed by atoms with Crippen molar-refractivity contribution in [3.8, 4) is 5.69 Å². The number of hydrogen-bond donors (Lipinski definition) is 0. The van der Waals surface area contributed by atoms with Crippen LogP contribution < -0.4 is 10.5 Å². The van der Waals surface area contributed by atoms with E-state index in [0.717, 1.165) is 10.5 Å². The van der Waals surface area contributed by atoms with Crippen molar-refractivity contribution in [1.82, 2.24) is 14.5 Å². The molecule has 4 aromatic rings. The standard InChI is InChI=1S/C28H26BrF3N4O3/c1-27(2,3)39-26(38)35-12-10-34(11-13-35)23-8-6-19(15-21(23)28(30,31)32)36-24(37)9-4-17-16-33-22-7-5-18(29)14-20(22)25(17)36/h4-9,14-16H,10-13H2,1-3H3. The summed E-state index contributed by atoms with van der Waals surface area (Å²) in [6, 6.07) is 12.3. The van der Waals surface area contributed by atoms with Gasteiger partial charge in [-0.25, -0.2) is 4.79 Å². The van der Waals surface area contributed by atoms with Crippen LogP contribution in [0.25, 0.3) is 27.5 Å². The average Bonchev–Trinajstić information content (AvgIpc) is 2.87. The number of ether oxygens (including phenoxy) is 1. The van der Waals surface area contributed by atoms with E-state index in [1.807, 2.05) is 6.07 Å². The Bertz CT molecular complexity index is 1640. The van der Waals surface area contributed by atoms with Gasteiger partial charge in [-0.3, -0.25) is 14.3 Å². The fourth-order valence-corrected chi connectivity index (χ4v) is 5.12. The summed E-state index contributed by atoms with van der Waals surface area (Å²) in [4.78, 5) is 33.0. The van der Waals surface area contributed by atoms with Gasteiger partial charge in [-0.2, -0.15) is 13.2 Å². The van der Waals surface area contributed by atoms with E-state index in [9.17, 15) is 22.8 Å². The molecule has 0 aliphatic carbocycles. The van der Waals surface area contributed by atoms with E-state index in [2.05, 4.69) is 20.9 Å². The van der Waals surface area contributed by atoms with Crippen LogP contribution in [0.15, 0.2) is 64.0 Å². The number of alkyl halides is 3. The third-order valence-electron chi connectivity index (χ3n) is 6.50. The molecule has 2 aromatic heterocycles. The SMILES string of the molecule is CC(C)(C)OC(=O)N1CCN(c2ccc(-n3c(=O)ccc4cnc5ccc(Br)cc5c43)cc2C(F)(F)F)CC1. The van der Waals surface area contributed by atoms with Crippen molar-refractivity contribution in [3.05, 3.63) is 75.1 Å². The van der Waals surface area contributed by atoms with Gasteiger partial charge < -0.3 is 14.5 Å². The van der Waals surface area contributed by atoms with Gasteiger partial charge >= 0.3 is 12.3 Å². The molecule has 1 aliphatic rings. The Morgan fingerprint density at radius 3 is 2.36 bits per heavy atom. The Kier molecular flexibility index (Phi) is 6.82. The lowest BCUT2D eigenvalue weighted by Crippen LogP contribution is -2.50. The molecule has 3 heterocycles. The molecule has 0 atom stereocenters. The minimum Gasteiger partial charge on any atom is -0.444 e. The zero-order valence-corrected chi connectivity index (χ0v) is 23.1. The molecule has 1 aliphatic heterocycles. The van der Waals surface area contributed by atoms with E-state index in [4.69, 9.17) is 4.74 Å². The molecular formula is C28H26BrF3N4O3. The first kappa shape index (κ1) is 27.0. The second-order valence-electron chi connectivity index (χ2n) is 10.4. The highest BCUT2D eigenvalue weighted by Crippen LogP contribution is 2.39. The smallest absolute Gasteiger partial charge is 0.418 e. The topological polar surface area (TPSA) is 67.7 Å². The van der Waals surface area contributed by atoms with Crippen LogP contribution in [-0.4, -0.2) is 52.3 Å². The quantitative estimate of drug-likeness (QED) is 0.249. The van der Waals surface area contributed by atoms with E-state index in [-0.39, 0.29) is 37.6 Å². The van der Waals surface area contributed by atoms with E-state index < -0.39 is 29.0 Å². The number of amides is 1. The number of carbonyl (C=O) groups is 1. The molecule has 204 valence electrons. The molecule has 1 amide bonds. The first-order chi connectivity index (χ1) is 18.3. The Hall–Kier alpha value is -3.60. The fraction of sp³-hybridized carbons (Fsp3) is 0.321. The normalized spacial score (nSPS) is 14.7. The molecule has 0 N–H and O–H groups in total. The molecule has 2 aromatic carbocycles. The molecule has 0 unspecified atom stereocenters. The highest BCUT2D eigenvalue weighted by atomic mass is 79.9. The predicted molar refractivity (Wildman–Crippen MR) is 148 cm³/mol. The lowest BCUT2D eigenvalue weighted by Gasteiger charge is -2.37. The molecule has 0 saturated carbocycles. The maximum Gasteiger partial charge on any atom is 0.418 e.